The Hall–Kier alpha value is -4.40. The Morgan fingerprint density at radius 2 is 1.70 bits per heavy atom. The van der Waals surface area contributed by atoms with Crippen molar-refractivity contribution in [2.24, 2.45) is 7.05 Å². The Labute approximate surface area is 210 Å². The third kappa shape index (κ3) is 4.06. The van der Waals surface area contributed by atoms with Gasteiger partial charge in [0.1, 0.15) is 5.52 Å². The number of amides is 1. The number of carbonyl (C=O) groups excluding carboxylic acids is 1. The average molecular weight is 505 g/mol. The van der Waals surface area contributed by atoms with Crippen molar-refractivity contribution in [1.29, 1.82) is 0 Å². The number of alkyl halides is 3. The van der Waals surface area contributed by atoms with Gasteiger partial charge in [-0.15, -0.1) is 0 Å². The van der Waals surface area contributed by atoms with Crippen LogP contribution < -0.4 is 10.5 Å². The fraction of sp³-hybridized carbons (Fsp3) is 0.179. The number of carbonyl (C=O) groups is 1. The highest BCUT2D eigenvalue weighted by Crippen LogP contribution is 2.33. The van der Waals surface area contributed by atoms with E-state index in [9.17, 15) is 22.8 Å². The number of halogens is 3. The van der Waals surface area contributed by atoms with Crippen molar-refractivity contribution in [3.05, 3.63) is 100.0 Å². The van der Waals surface area contributed by atoms with Crippen molar-refractivity contribution in [1.82, 2.24) is 14.3 Å². The molecule has 0 unspecified atom stereocenters. The summed E-state index contributed by atoms with van der Waals surface area (Å²) in [6.45, 7) is 3.68. The van der Waals surface area contributed by atoms with Crippen LogP contribution in [-0.2, 0) is 13.2 Å². The van der Waals surface area contributed by atoms with Crippen LogP contribution in [0.1, 0.15) is 28.5 Å². The Morgan fingerprint density at radius 3 is 2.38 bits per heavy atom. The topological polar surface area (TPSA) is 60.1 Å². The van der Waals surface area contributed by atoms with E-state index in [1.807, 2.05) is 31.2 Å². The number of hydrogen-bond acceptors (Lipinski definition) is 3. The third-order valence-electron chi connectivity index (χ3n) is 6.47. The van der Waals surface area contributed by atoms with Crippen molar-refractivity contribution in [3.8, 4) is 5.69 Å². The first-order valence-corrected chi connectivity index (χ1v) is 11.7. The van der Waals surface area contributed by atoms with Crippen molar-refractivity contribution in [2.45, 2.75) is 20.0 Å². The van der Waals surface area contributed by atoms with Gasteiger partial charge in [-0.3, -0.25) is 9.59 Å². The zero-order valence-electron chi connectivity index (χ0n) is 20.4. The second-order valence-corrected chi connectivity index (χ2v) is 8.80. The van der Waals surface area contributed by atoms with E-state index in [-0.39, 0.29) is 23.4 Å². The van der Waals surface area contributed by atoms with E-state index in [2.05, 4.69) is 5.10 Å². The molecular formula is C28H23F3N4O2. The van der Waals surface area contributed by atoms with Gasteiger partial charge in [-0.1, -0.05) is 42.0 Å². The van der Waals surface area contributed by atoms with Crippen LogP contribution in [0.4, 0.5) is 18.9 Å². The van der Waals surface area contributed by atoms with Gasteiger partial charge in [-0.05, 0) is 50.2 Å². The Balaban J connectivity index is 1.80. The van der Waals surface area contributed by atoms with Crippen LogP contribution >= 0.6 is 0 Å². The van der Waals surface area contributed by atoms with Crippen LogP contribution in [0.15, 0.2) is 77.6 Å². The molecule has 0 fully saturated rings. The van der Waals surface area contributed by atoms with Crippen LogP contribution in [0.2, 0.25) is 0 Å². The molecule has 0 aliphatic heterocycles. The summed E-state index contributed by atoms with van der Waals surface area (Å²) in [5.41, 5.74) is 1.27. The summed E-state index contributed by atoms with van der Waals surface area (Å²) in [6.07, 6.45) is -4.56. The lowest BCUT2D eigenvalue weighted by molar-refractivity contribution is -0.137. The maximum Gasteiger partial charge on any atom is 0.416 e. The Morgan fingerprint density at radius 1 is 1.00 bits per heavy atom. The molecule has 0 aliphatic carbocycles. The van der Waals surface area contributed by atoms with Gasteiger partial charge < -0.3 is 9.47 Å². The number of hydrogen-bond donors (Lipinski definition) is 0. The van der Waals surface area contributed by atoms with Crippen molar-refractivity contribution < 1.29 is 18.0 Å². The van der Waals surface area contributed by atoms with Gasteiger partial charge in [0, 0.05) is 35.6 Å². The minimum atomic E-state index is -4.56. The number of nitrogens with zero attached hydrogens (tertiary/aromatic N) is 4. The molecule has 1 amide bonds. The molecule has 5 rings (SSSR count). The predicted octanol–water partition coefficient (Wildman–Crippen LogP) is 5.87. The second kappa shape index (κ2) is 8.92. The molecule has 3 aromatic carbocycles. The maximum atomic E-state index is 14.0. The minimum Gasteiger partial charge on any atom is -0.339 e. The van der Waals surface area contributed by atoms with E-state index < -0.39 is 23.2 Å². The summed E-state index contributed by atoms with van der Waals surface area (Å²) < 4.78 is 43.1. The van der Waals surface area contributed by atoms with Crippen LogP contribution in [0.3, 0.4) is 0 Å². The summed E-state index contributed by atoms with van der Waals surface area (Å²) in [4.78, 5) is 28.9. The molecule has 5 aromatic rings. The molecule has 2 aromatic heterocycles. The van der Waals surface area contributed by atoms with Gasteiger partial charge in [-0.25, -0.2) is 0 Å². The highest BCUT2D eigenvalue weighted by atomic mass is 19.4. The van der Waals surface area contributed by atoms with E-state index in [0.717, 1.165) is 23.2 Å². The van der Waals surface area contributed by atoms with Gasteiger partial charge in [-0.2, -0.15) is 23.0 Å². The molecule has 0 bridgehead atoms. The van der Waals surface area contributed by atoms with E-state index in [1.54, 1.807) is 42.8 Å². The van der Waals surface area contributed by atoms with E-state index in [0.29, 0.717) is 16.5 Å². The third-order valence-corrected chi connectivity index (χ3v) is 6.47. The van der Waals surface area contributed by atoms with Gasteiger partial charge in [0.15, 0.2) is 5.69 Å². The molecule has 37 heavy (non-hydrogen) atoms. The normalized spacial score (nSPS) is 11.8. The van der Waals surface area contributed by atoms with Crippen LogP contribution in [0.25, 0.3) is 27.5 Å². The molecule has 0 spiro atoms. The monoisotopic (exact) mass is 504 g/mol. The number of benzene rings is 3. The van der Waals surface area contributed by atoms with Crippen LogP contribution in [-0.4, -0.2) is 26.8 Å². The van der Waals surface area contributed by atoms with Gasteiger partial charge in [0.2, 0.25) is 0 Å². The van der Waals surface area contributed by atoms with E-state index in [4.69, 9.17) is 0 Å². The number of para-hydroxylation sites is 1. The molecule has 0 saturated heterocycles. The van der Waals surface area contributed by atoms with Crippen LogP contribution in [0.5, 0.6) is 0 Å². The number of fused-ring (bicyclic) bond motifs is 3. The molecule has 0 saturated carbocycles. The largest absolute Gasteiger partial charge is 0.416 e. The number of anilines is 1. The lowest BCUT2D eigenvalue weighted by Crippen LogP contribution is -2.34. The average Bonchev–Trinajstić information content (AvgIpc) is 3.18. The van der Waals surface area contributed by atoms with Gasteiger partial charge in [0.25, 0.3) is 11.5 Å². The molecule has 9 heteroatoms. The Kier molecular flexibility index (Phi) is 5.86. The van der Waals surface area contributed by atoms with E-state index >= 15 is 0 Å². The quantitative estimate of drug-likeness (QED) is 0.308. The molecule has 188 valence electrons. The van der Waals surface area contributed by atoms with Crippen LogP contribution in [0, 0.1) is 6.92 Å². The summed E-state index contributed by atoms with van der Waals surface area (Å²) in [7, 11) is 1.74. The summed E-state index contributed by atoms with van der Waals surface area (Å²) in [6, 6.07) is 19.0. The molecule has 0 aliphatic rings. The summed E-state index contributed by atoms with van der Waals surface area (Å²) >= 11 is 0. The molecule has 6 nitrogen and oxygen atoms in total. The smallest absolute Gasteiger partial charge is 0.339 e. The first-order valence-electron chi connectivity index (χ1n) is 11.7. The number of aromatic nitrogens is 3. The predicted molar refractivity (Wildman–Crippen MR) is 137 cm³/mol. The molecule has 0 N–H and O–H groups in total. The maximum absolute atomic E-state index is 14.0. The summed E-state index contributed by atoms with van der Waals surface area (Å²) in [5, 5.41) is 5.53. The zero-order valence-corrected chi connectivity index (χ0v) is 20.4. The minimum absolute atomic E-state index is 0.0220. The zero-order chi connectivity index (χ0) is 26.5. The molecule has 0 radical (unpaired) electrons. The molecule has 0 atom stereocenters. The molecular weight excluding hydrogens is 481 g/mol. The van der Waals surface area contributed by atoms with Gasteiger partial charge >= 0.3 is 6.18 Å². The highest BCUT2D eigenvalue weighted by molar-refractivity contribution is 6.20. The van der Waals surface area contributed by atoms with Crippen molar-refractivity contribution in [2.75, 3.05) is 11.4 Å². The fourth-order valence-electron chi connectivity index (χ4n) is 4.61. The summed E-state index contributed by atoms with van der Waals surface area (Å²) in [5.74, 6) is -0.607. The first-order chi connectivity index (χ1) is 17.6. The highest BCUT2D eigenvalue weighted by Gasteiger charge is 2.32. The van der Waals surface area contributed by atoms with Crippen molar-refractivity contribution >= 4 is 33.4 Å². The fourth-order valence-corrected chi connectivity index (χ4v) is 4.61. The second-order valence-electron chi connectivity index (χ2n) is 8.80. The SMILES string of the molecule is CCN(C(=O)c1nn(-c2ccc(C)cc2)c(=O)c2c1c1ccccc1n2C)c1cccc(C(F)(F)F)c1. The lowest BCUT2D eigenvalue weighted by atomic mass is 10.1. The Bertz CT molecular complexity index is 1720. The van der Waals surface area contributed by atoms with E-state index in [1.165, 1.54) is 21.7 Å². The molecule has 2 heterocycles. The standard InChI is InChI=1S/C28H23F3N4O2/c1-4-34(20-9-7-8-18(16-20)28(29,30)31)26(36)24-23-21-10-5-6-11-22(21)33(3)25(23)27(37)35(32-24)19-14-12-17(2)13-15-19/h5-16H,4H2,1-3H3. The lowest BCUT2D eigenvalue weighted by Gasteiger charge is -2.22. The van der Waals surface area contributed by atoms with Crippen molar-refractivity contribution in [3.63, 3.8) is 0 Å². The van der Waals surface area contributed by atoms with Gasteiger partial charge in [0.05, 0.1) is 11.3 Å². The number of rotatable bonds is 4. The first kappa shape index (κ1) is 24.3. The number of aryl methyl sites for hydroxylation is 2.